The molecule has 0 saturated carbocycles. The smallest absolute Gasteiger partial charge is 0.240 e. The molecule has 0 unspecified atom stereocenters. The number of anilines is 1. The lowest BCUT2D eigenvalue weighted by molar-refractivity contribution is 0.584. The molecule has 0 bridgehead atoms. The van der Waals surface area contributed by atoms with Gasteiger partial charge in [-0.1, -0.05) is 0 Å². The van der Waals surface area contributed by atoms with Crippen molar-refractivity contribution in [3.63, 3.8) is 0 Å². The zero-order valence-electron chi connectivity index (χ0n) is 6.91. The molecule has 72 valence electrons. The van der Waals surface area contributed by atoms with E-state index in [4.69, 9.17) is 5.73 Å². The Balaban J connectivity index is 3.27. The number of nitrogens with one attached hydrogen (secondary N) is 1. The maximum absolute atomic E-state index is 12.8. The first-order chi connectivity index (χ1) is 5.97. The molecular formula is C7H9FN2O2S. The van der Waals surface area contributed by atoms with E-state index in [0.717, 1.165) is 6.07 Å². The van der Waals surface area contributed by atoms with E-state index in [9.17, 15) is 12.8 Å². The Morgan fingerprint density at radius 2 is 2.08 bits per heavy atom. The summed E-state index contributed by atoms with van der Waals surface area (Å²) < 4.78 is 37.2. The molecule has 4 nitrogen and oxygen atoms in total. The van der Waals surface area contributed by atoms with Crippen molar-refractivity contribution in [3.8, 4) is 0 Å². The SMILES string of the molecule is CNS(=O)(=O)c1ccc(N)c(F)c1. The van der Waals surface area contributed by atoms with Crippen LogP contribution in [0.25, 0.3) is 0 Å². The molecule has 13 heavy (non-hydrogen) atoms. The lowest BCUT2D eigenvalue weighted by Crippen LogP contribution is -2.18. The third-order valence-electron chi connectivity index (χ3n) is 1.55. The van der Waals surface area contributed by atoms with Crippen molar-refractivity contribution in [2.24, 2.45) is 0 Å². The minimum absolute atomic E-state index is 0.0740. The van der Waals surface area contributed by atoms with E-state index in [1.165, 1.54) is 19.2 Å². The molecule has 1 rings (SSSR count). The average Bonchev–Trinajstić information content (AvgIpc) is 2.09. The van der Waals surface area contributed by atoms with Crippen LogP contribution in [0.4, 0.5) is 10.1 Å². The first-order valence-electron chi connectivity index (χ1n) is 3.46. The minimum Gasteiger partial charge on any atom is -0.396 e. The fraction of sp³-hybridized carbons (Fsp3) is 0.143. The van der Waals surface area contributed by atoms with Crippen molar-refractivity contribution in [1.82, 2.24) is 4.72 Å². The lowest BCUT2D eigenvalue weighted by atomic mass is 10.3. The fourth-order valence-electron chi connectivity index (χ4n) is 0.793. The van der Waals surface area contributed by atoms with Crippen molar-refractivity contribution in [3.05, 3.63) is 24.0 Å². The molecule has 0 fully saturated rings. The summed E-state index contributed by atoms with van der Waals surface area (Å²) in [6, 6.07) is 3.32. The summed E-state index contributed by atoms with van der Waals surface area (Å²) in [5.74, 6) is -0.740. The Bertz CT molecular complexity index is 417. The maximum Gasteiger partial charge on any atom is 0.240 e. The third kappa shape index (κ3) is 1.96. The van der Waals surface area contributed by atoms with Gasteiger partial charge in [-0.05, 0) is 25.2 Å². The van der Waals surface area contributed by atoms with Crippen LogP contribution in [0.2, 0.25) is 0 Å². The highest BCUT2D eigenvalue weighted by atomic mass is 32.2. The average molecular weight is 204 g/mol. The van der Waals surface area contributed by atoms with Crippen molar-refractivity contribution >= 4 is 15.7 Å². The second-order valence-electron chi connectivity index (χ2n) is 2.39. The highest BCUT2D eigenvalue weighted by Gasteiger charge is 2.12. The minimum atomic E-state index is -3.58. The highest BCUT2D eigenvalue weighted by molar-refractivity contribution is 7.89. The zero-order valence-corrected chi connectivity index (χ0v) is 7.73. The molecule has 0 amide bonds. The van der Waals surface area contributed by atoms with E-state index in [1.54, 1.807) is 0 Å². The molecular weight excluding hydrogens is 195 g/mol. The molecule has 3 N–H and O–H groups in total. The van der Waals surface area contributed by atoms with Crippen LogP contribution >= 0.6 is 0 Å². The van der Waals surface area contributed by atoms with Gasteiger partial charge in [0, 0.05) is 0 Å². The number of sulfonamides is 1. The molecule has 0 spiro atoms. The van der Waals surface area contributed by atoms with Crippen LogP contribution in [-0.2, 0) is 10.0 Å². The third-order valence-corrected chi connectivity index (χ3v) is 2.96. The van der Waals surface area contributed by atoms with Gasteiger partial charge in [-0.2, -0.15) is 0 Å². The molecule has 0 saturated heterocycles. The van der Waals surface area contributed by atoms with Gasteiger partial charge < -0.3 is 5.73 Å². The van der Waals surface area contributed by atoms with Crippen LogP contribution in [0.5, 0.6) is 0 Å². The summed E-state index contributed by atoms with van der Waals surface area (Å²) in [7, 11) is -2.33. The van der Waals surface area contributed by atoms with Gasteiger partial charge >= 0.3 is 0 Å². The van der Waals surface area contributed by atoms with Gasteiger partial charge in [-0.3, -0.25) is 0 Å². The second kappa shape index (κ2) is 3.31. The molecule has 0 atom stereocenters. The van der Waals surface area contributed by atoms with Crippen molar-refractivity contribution in [2.45, 2.75) is 4.90 Å². The first-order valence-corrected chi connectivity index (χ1v) is 4.94. The van der Waals surface area contributed by atoms with Gasteiger partial charge in [0.25, 0.3) is 0 Å². The molecule has 1 aromatic rings. The molecule has 0 aliphatic carbocycles. The lowest BCUT2D eigenvalue weighted by Gasteiger charge is -2.02. The quantitative estimate of drug-likeness (QED) is 0.681. The number of nitrogens with two attached hydrogens (primary N) is 1. The Labute approximate surface area is 75.6 Å². The van der Waals surface area contributed by atoms with Crippen LogP contribution in [-0.4, -0.2) is 15.5 Å². The zero-order chi connectivity index (χ0) is 10.1. The summed E-state index contributed by atoms with van der Waals surface area (Å²) in [6.45, 7) is 0. The van der Waals surface area contributed by atoms with E-state index in [0.29, 0.717) is 0 Å². The van der Waals surface area contributed by atoms with Crippen LogP contribution in [0.15, 0.2) is 23.1 Å². The summed E-state index contributed by atoms with van der Waals surface area (Å²) in [5, 5.41) is 0. The van der Waals surface area contributed by atoms with Gasteiger partial charge in [0.2, 0.25) is 10.0 Å². The van der Waals surface area contributed by atoms with Crippen molar-refractivity contribution in [2.75, 3.05) is 12.8 Å². The Hall–Kier alpha value is -1.14. The van der Waals surface area contributed by atoms with Crippen LogP contribution in [0.1, 0.15) is 0 Å². The molecule has 1 aromatic carbocycles. The fourth-order valence-corrected chi connectivity index (χ4v) is 1.53. The van der Waals surface area contributed by atoms with Crippen molar-refractivity contribution < 1.29 is 12.8 Å². The normalized spacial score (nSPS) is 11.5. The number of hydrogen-bond acceptors (Lipinski definition) is 3. The standard InChI is InChI=1S/C7H9FN2O2S/c1-10-13(11,12)5-2-3-7(9)6(8)4-5/h2-4,10H,9H2,1H3. The predicted octanol–water partition coefficient (Wildman–Crippen LogP) is 0.316. The van der Waals surface area contributed by atoms with E-state index in [1.807, 2.05) is 0 Å². The molecule has 6 heteroatoms. The number of nitrogen functional groups attached to an aromatic ring is 1. The largest absolute Gasteiger partial charge is 0.396 e. The molecule has 0 aromatic heterocycles. The highest BCUT2D eigenvalue weighted by Crippen LogP contribution is 2.15. The van der Waals surface area contributed by atoms with Crippen molar-refractivity contribution in [1.29, 1.82) is 0 Å². The van der Waals surface area contributed by atoms with Gasteiger partial charge in [0.1, 0.15) is 5.82 Å². The molecule has 0 aliphatic rings. The Kier molecular flexibility index (Phi) is 2.53. The van der Waals surface area contributed by atoms with Gasteiger partial charge in [0.05, 0.1) is 10.6 Å². The number of rotatable bonds is 2. The second-order valence-corrected chi connectivity index (χ2v) is 4.28. The summed E-state index contributed by atoms with van der Waals surface area (Å²) in [5.41, 5.74) is 5.11. The number of benzene rings is 1. The van der Waals surface area contributed by atoms with E-state index < -0.39 is 15.8 Å². The van der Waals surface area contributed by atoms with Crippen LogP contribution < -0.4 is 10.5 Å². The first kappa shape index (κ1) is 9.94. The summed E-state index contributed by atoms with van der Waals surface area (Å²) in [4.78, 5) is -0.137. The maximum atomic E-state index is 12.8. The van der Waals surface area contributed by atoms with Gasteiger partial charge in [-0.25, -0.2) is 17.5 Å². The molecule has 0 radical (unpaired) electrons. The predicted molar refractivity (Wildman–Crippen MR) is 47.1 cm³/mol. The molecule has 0 heterocycles. The van der Waals surface area contributed by atoms with Gasteiger partial charge in [0.15, 0.2) is 0 Å². The van der Waals surface area contributed by atoms with Crippen LogP contribution in [0, 0.1) is 5.82 Å². The number of hydrogen-bond donors (Lipinski definition) is 2. The van der Waals surface area contributed by atoms with E-state index in [-0.39, 0.29) is 10.6 Å². The summed E-state index contributed by atoms with van der Waals surface area (Å²) >= 11 is 0. The summed E-state index contributed by atoms with van der Waals surface area (Å²) in [6.07, 6.45) is 0. The topological polar surface area (TPSA) is 72.2 Å². The van der Waals surface area contributed by atoms with E-state index >= 15 is 0 Å². The van der Waals surface area contributed by atoms with Crippen LogP contribution in [0.3, 0.4) is 0 Å². The number of halogens is 1. The molecule has 0 aliphatic heterocycles. The monoisotopic (exact) mass is 204 g/mol. The van der Waals surface area contributed by atoms with E-state index in [2.05, 4.69) is 4.72 Å². The van der Waals surface area contributed by atoms with Gasteiger partial charge in [-0.15, -0.1) is 0 Å². The Morgan fingerprint density at radius 1 is 1.46 bits per heavy atom. The Morgan fingerprint density at radius 3 is 2.54 bits per heavy atom.